The first-order valence-corrected chi connectivity index (χ1v) is 16.8. The minimum Gasteiger partial charge on any atom is -0.327 e. The summed E-state index contributed by atoms with van der Waals surface area (Å²) < 4.78 is 0. The van der Waals surface area contributed by atoms with Crippen LogP contribution < -0.4 is 4.90 Å². The summed E-state index contributed by atoms with van der Waals surface area (Å²) in [5.74, 6) is 5.41. The van der Waals surface area contributed by atoms with Crippen molar-refractivity contribution in [3.8, 4) is 57.4 Å². The maximum atomic E-state index is 5.85. The Labute approximate surface area is 291 Å². The van der Waals surface area contributed by atoms with Crippen molar-refractivity contribution in [2.45, 2.75) is 77.5 Å². The average Bonchev–Trinajstić information content (AvgIpc) is 3.37. The molecule has 1 radical (unpaired) electrons. The van der Waals surface area contributed by atoms with Crippen molar-refractivity contribution in [2.75, 3.05) is 4.90 Å². The Kier molecular flexibility index (Phi) is 7.33. The van der Waals surface area contributed by atoms with Crippen molar-refractivity contribution in [3.63, 3.8) is 0 Å². The standard InChI is InChI=1S/C43H43N6/c1-11-29-18-15-16-23-35(29)34-25-24-33(26-28(34)2)37-44-36(32-22-17-21-31(27-32)30-19-13-12-14-20-30)45-38(46-37)48-39-47-40(3,4)41(5,6)49(39)43(9,10)42(48,7)8/h1,12-27H,2H2,3-10H3. The van der Waals surface area contributed by atoms with Gasteiger partial charge in [-0.3, -0.25) is 4.90 Å². The zero-order valence-corrected chi connectivity index (χ0v) is 29.7. The van der Waals surface area contributed by atoms with Crippen LogP contribution >= 0.6 is 0 Å². The van der Waals surface area contributed by atoms with E-state index in [2.05, 4.69) is 133 Å². The number of fused-ring (bicyclic) bond motifs is 1. The molecular weight excluding hydrogens is 601 g/mol. The van der Waals surface area contributed by atoms with Gasteiger partial charge in [0.1, 0.15) is 0 Å². The Bertz CT molecular complexity index is 2170. The predicted octanol–water partition coefficient (Wildman–Crippen LogP) is 9.31. The van der Waals surface area contributed by atoms with Crippen LogP contribution in [0.15, 0.2) is 102 Å². The van der Waals surface area contributed by atoms with Crippen molar-refractivity contribution in [1.82, 2.24) is 19.9 Å². The second-order valence-corrected chi connectivity index (χ2v) is 15.1. The van der Waals surface area contributed by atoms with Gasteiger partial charge in [0.15, 0.2) is 11.6 Å². The highest BCUT2D eigenvalue weighted by atomic mass is 15.6. The molecule has 3 heterocycles. The molecule has 4 aromatic carbocycles. The average molecular weight is 644 g/mol. The molecule has 6 heteroatoms. The number of anilines is 1. The Hall–Kier alpha value is -5.28. The highest BCUT2D eigenvalue weighted by molar-refractivity contribution is 6.02. The van der Waals surface area contributed by atoms with Crippen molar-refractivity contribution in [1.29, 1.82) is 0 Å². The van der Waals surface area contributed by atoms with Gasteiger partial charge in [-0.1, -0.05) is 84.8 Å². The Morgan fingerprint density at radius 3 is 1.88 bits per heavy atom. The molecule has 1 aromatic heterocycles. The molecule has 1 fully saturated rings. The zero-order valence-electron chi connectivity index (χ0n) is 29.7. The summed E-state index contributed by atoms with van der Waals surface area (Å²) in [6.07, 6.45) is 5.85. The van der Waals surface area contributed by atoms with Crippen LogP contribution in [0.4, 0.5) is 5.95 Å². The zero-order chi connectivity index (χ0) is 34.9. The Morgan fingerprint density at radius 1 is 0.592 bits per heavy atom. The fourth-order valence-corrected chi connectivity index (χ4v) is 7.23. The third kappa shape index (κ3) is 4.94. The van der Waals surface area contributed by atoms with Crippen LogP contribution in [0, 0.1) is 19.3 Å². The maximum absolute atomic E-state index is 5.85. The normalized spacial score (nSPS) is 18.2. The van der Waals surface area contributed by atoms with E-state index in [1.54, 1.807) is 0 Å². The molecule has 245 valence electrons. The van der Waals surface area contributed by atoms with Gasteiger partial charge in [0.2, 0.25) is 11.9 Å². The lowest BCUT2D eigenvalue weighted by Gasteiger charge is -2.50. The Morgan fingerprint density at radius 2 is 1.20 bits per heavy atom. The molecular formula is C43H43N6. The van der Waals surface area contributed by atoms with Crippen LogP contribution in [-0.2, 0) is 0 Å². The summed E-state index contributed by atoms with van der Waals surface area (Å²) in [4.78, 5) is 25.6. The van der Waals surface area contributed by atoms with E-state index in [9.17, 15) is 0 Å². The summed E-state index contributed by atoms with van der Waals surface area (Å²) in [5, 5.41) is 0. The molecule has 49 heavy (non-hydrogen) atoms. The summed E-state index contributed by atoms with van der Waals surface area (Å²) in [6, 6.07) is 32.8. The number of hydrogen-bond acceptors (Lipinski definition) is 6. The highest BCUT2D eigenvalue weighted by Crippen LogP contribution is 2.53. The van der Waals surface area contributed by atoms with Gasteiger partial charge in [-0.2, -0.15) is 9.97 Å². The van der Waals surface area contributed by atoms with Gasteiger partial charge in [0.05, 0.1) is 22.2 Å². The van der Waals surface area contributed by atoms with Gasteiger partial charge in [0, 0.05) is 16.7 Å². The fourth-order valence-electron chi connectivity index (χ4n) is 7.23. The van der Waals surface area contributed by atoms with Gasteiger partial charge < -0.3 is 4.90 Å². The molecule has 6 nitrogen and oxygen atoms in total. The molecule has 2 aliphatic heterocycles. The van der Waals surface area contributed by atoms with Gasteiger partial charge >= 0.3 is 0 Å². The molecule has 5 aromatic rings. The SMILES string of the molecule is C#Cc1ccccc1-c1ccc(-c2nc(-c3cccc(-c4ccccc4)c3)nc(N3C4=NC(C)(C)C(C)(C)N4C(C)(C)C3(C)C)n2)cc1[CH2]. The first-order chi connectivity index (χ1) is 23.2. The van der Waals surface area contributed by atoms with E-state index < -0.39 is 5.54 Å². The summed E-state index contributed by atoms with van der Waals surface area (Å²) in [7, 11) is 0. The number of aliphatic imine (C=N–C) groups is 1. The van der Waals surface area contributed by atoms with Gasteiger partial charge in [0.25, 0.3) is 0 Å². The quantitative estimate of drug-likeness (QED) is 0.179. The number of aromatic nitrogens is 3. The van der Waals surface area contributed by atoms with Crippen LogP contribution in [0.2, 0.25) is 0 Å². The first-order valence-electron chi connectivity index (χ1n) is 16.8. The highest BCUT2D eigenvalue weighted by Gasteiger charge is 2.66. The second-order valence-electron chi connectivity index (χ2n) is 15.1. The van der Waals surface area contributed by atoms with Crippen molar-refractivity contribution in [2.24, 2.45) is 4.99 Å². The number of rotatable bonds is 5. The predicted molar refractivity (Wildman–Crippen MR) is 202 cm³/mol. The molecule has 0 spiro atoms. The monoisotopic (exact) mass is 643 g/mol. The summed E-state index contributed by atoms with van der Waals surface area (Å²) in [5.41, 5.74) is 6.31. The third-order valence-electron chi connectivity index (χ3n) is 11.2. The topological polar surface area (TPSA) is 57.5 Å². The van der Waals surface area contributed by atoms with E-state index in [1.807, 2.05) is 42.5 Å². The van der Waals surface area contributed by atoms with E-state index in [1.165, 1.54) is 0 Å². The van der Waals surface area contributed by atoms with E-state index in [0.717, 1.165) is 50.5 Å². The Balaban J connectivity index is 1.43. The van der Waals surface area contributed by atoms with E-state index in [-0.39, 0.29) is 16.6 Å². The molecule has 0 unspecified atom stereocenters. The minimum atomic E-state index is -0.415. The van der Waals surface area contributed by atoms with Crippen LogP contribution in [0.25, 0.3) is 45.0 Å². The maximum Gasteiger partial charge on any atom is 0.236 e. The third-order valence-corrected chi connectivity index (χ3v) is 11.2. The number of hydrogen-bond donors (Lipinski definition) is 0. The largest absolute Gasteiger partial charge is 0.327 e. The summed E-state index contributed by atoms with van der Waals surface area (Å²) in [6.45, 7) is 22.5. The second kappa shape index (κ2) is 11.1. The van der Waals surface area contributed by atoms with Gasteiger partial charge in [-0.05, 0) is 108 Å². The molecule has 0 N–H and O–H groups in total. The molecule has 0 bridgehead atoms. The lowest BCUT2D eigenvalue weighted by atomic mass is 9.76. The van der Waals surface area contributed by atoms with Crippen LogP contribution in [0.5, 0.6) is 0 Å². The van der Waals surface area contributed by atoms with Crippen LogP contribution in [0.3, 0.4) is 0 Å². The smallest absolute Gasteiger partial charge is 0.236 e. The van der Waals surface area contributed by atoms with Gasteiger partial charge in [-0.25, -0.2) is 9.98 Å². The van der Waals surface area contributed by atoms with Gasteiger partial charge in [-0.15, -0.1) is 6.42 Å². The van der Waals surface area contributed by atoms with E-state index in [0.29, 0.717) is 17.6 Å². The van der Waals surface area contributed by atoms with E-state index >= 15 is 0 Å². The molecule has 2 aliphatic rings. The number of benzene rings is 4. The number of guanidine groups is 1. The fraction of sp³-hybridized carbons (Fsp3) is 0.279. The molecule has 0 saturated carbocycles. The minimum absolute atomic E-state index is 0.242. The molecule has 7 rings (SSSR count). The lowest BCUT2D eigenvalue weighted by Crippen LogP contribution is -2.63. The molecule has 0 aliphatic carbocycles. The van der Waals surface area contributed by atoms with Crippen molar-refractivity contribution >= 4 is 11.9 Å². The van der Waals surface area contributed by atoms with Crippen LogP contribution in [-0.4, -0.2) is 48.0 Å². The molecule has 0 amide bonds. The lowest BCUT2D eigenvalue weighted by molar-refractivity contribution is 0.0527. The number of terminal acetylenes is 1. The first kappa shape index (κ1) is 32.3. The van der Waals surface area contributed by atoms with Crippen molar-refractivity contribution < 1.29 is 0 Å². The molecule has 0 atom stereocenters. The summed E-state index contributed by atoms with van der Waals surface area (Å²) >= 11 is 0. The number of nitrogens with zero attached hydrogens (tertiary/aromatic N) is 6. The molecule has 1 saturated heterocycles. The van der Waals surface area contributed by atoms with E-state index in [4.69, 9.17) is 26.4 Å². The van der Waals surface area contributed by atoms with Crippen molar-refractivity contribution in [3.05, 3.63) is 115 Å². The van der Waals surface area contributed by atoms with Crippen LogP contribution in [0.1, 0.15) is 66.5 Å².